The van der Waals surface area contributed by atoms with Gasteiger partial charge in [0, 0.05) is 32.7 Å². The van der Waals surface area contributed by atoms with E-state index in [1.165, 1.54) is 54.1 Å². The molecule has 0 fully saturated rings. The molecule has 3 heterocycles. The van der Waals surface area contributed by atoms with Crippen LogP contribution >= 0.6 is 0 Å². The molecule has 0 bridgehead atoms. The molecule has 4 heteroatoms. The third kappa shape index (κ3) is 4.30. The molecule has 0 radical (unpaired) electrons. The molecule has 0 aliphatic heterocycles. The van der Waals surface area contributed by atoms with Crippen LogP contribution in [0.3, 0.4) is 0 Å². The zero-order valence-corrected chi connectivity index (χ0v) is 30.5. The largest absolute Gasteiger partial charge is 0.455 e. The molecule has 4 nitrogen and oxygen atoms in total. The highest BCUT2D eigenvalue weighted by molar-refractivity contribution is 6.22. The number of para-hydroxylation sites is 2. The molecule has 0 aliphatic rings. The van der Waals surface area contributed by atoms with Crippen LogP contribution in [0.15, 0.2) is 191 Å². The van der Waals surface area contributed by atoms with Crippen LogP contribution in [0.4, 0.5) is 0 Å². The van der Waals surface area contributed by atoms with E-state index in [1.54, 1.807) is 0 Å². The maximum atomic E-state index is 6.86. The Labute approximate surface area is 325 Å². The fourth-order valence-corrected chi connectivity index (χ4v) is 9.45. The lowest BCUT2D eigenvalue weighted by molar-refractivity contribution is 0.623. The molecule has 57 heavy (non-hydrogen) atoms. The Morgan fingerprint density at radius 3 is 1.88 bits per heavy atom. The van der Waals surface area contributed by atoms with Gasteiger partial charge in [-0.15, -0.1) is 0 Å². The van der Waals surface area contributed by atoms with Crippen LogP contribution in [-0.4, -0.2) is 9.55 Å². The van der Waals surface area contributed by atoms with Gasteiger partial charge in [-0.3, -0.25) is 0 Å². The third-order valence-electron chi connectivity index (χ3n) is 12.0. The minimum absolute atomic E-state index is 0.583. The lowest BCUT2D eigenvalue weighted by Crippen LogP contribution is -1.96. The van der Waals surface area contributed by atoms with Crippen molar-refractivity contribution in [2.45, 2.75) is 0 Å². The van der Waals surface area contributed by atoms with Crippen molar-refractivity contribution in [3.8, 4) is 28.3 Å². The van der Waals surface area contributed by atoms with Gasteiger partial charge >= 0.3 is 0 Å². The summed E-state index contributed by atoms with van der Waals surface area (Å²) in [5.41, 5.74) is 9.75. The Bertz CT molecular complexity index is 3830. The minimum atomic E-state index is 0.583. The predicted octanol–water partition coefficient (Wildman–Crippen LogP) is 14.8. The molecule has 0 atom stereocenters. The van der Waals surface area contributed by atoms with E-state index in [0.29, 0.717) is 5.89 Å². The molecule has 13 aromatic rings. The summed E-state index contributed by atoms with van der Waals surface area (Å²) in [5.74, 6) is 0.583. The van der Waals surface area contributed by atoms with Gasteiger partial charge in [0.25, 0.3) is 0 Å². The van der Waals surface area contributed by atoms with E-state index >= 15 is 0 Å². The average Bonchev–Trinajstić information content (AvgIpc) is 3.97. The Morgan fingerprint density at radius 2 is 1.04 bits per heavy atom. The van der Waals surface area contributed by atoms with Crippen LogP contribution in [0, 0.1) is 0 Å². The first-order chi connectivity index (χ1) is 28.3. The van der Waals surface area contributed by atoms with Gasteiger partial charge < -0.3 is 13.4 Å². The Kier molecular flexibility index (Phi) is 6.13. The van der Waals surface area contributed by atoms with Gasteiger partial charge in [-0.1, -0.05) is 133 Å². The van der Waals surface area contributed by atoms with Crippen molar-refractivity contribution in [1.82, 2.24) is 9.55 Å². The molecule has 10 aromatic carbocycles. The van der Waals surface area contributed by atoms with Crippen LogP contribution in [-0.2, 0) is 0 Å². The van der Waals surface area contributed by atoms with Gasteiger partial charge in [-0.2, -0.15) is 0 Å². The smallest absolute Gasteiger partial charge is 0.227 e. The molecule has 264 valence electrons. The monoisotopic (exact) mass is 726 g/mol. The second-order valence-electron chi connectivity index (χ2n) is 15.0. The number of hydrogen-bond donors (Lipinski definition) is 0. The molecule has 0 unspecified atom stereocenters. The second kappa shape index (κ2) is 11.4. The quantitative estimate of drug-likeness (QED) is 0.170. The van der Waals surface area contributed by atoms with E-state index < -0.39 is 0 Å². The molecular weight excluding hydrogens is 697 g/mol. The van der Waals surface area contributed by atoms with Crippen LogP contribution < -0.4 is 0 Å². The van der Waals surface area contributed by atoms with Gasteiger partial charge in [0.05, 0.1) is 22.1 Å². The van der Waals surface area contributed by atoms with Crippen molar-refractivity contribution in [3.63, 3.8) is 0 Å². The van der Waals surface area contributed by atoms with Crippen molar-refractivity contribution < 1.29 is 8.83 Å². The lowest BCUT2D eigenvalue weighted by Gasteiger charge is -2.14. The van der Waals surface area contributed by atoms with E-state index in [-0.39, 0.29) is 0 Å². The second-order valence-corrected chi connectivity index (χ2v) is 15.0. The van der Waals surface area contributed by atoms with E-state index in [9.17, 15) is 0 Å². The summed E-state index contributed by atoms with van der Waals surface area (Å²) in [5, 5.41) is 13.9. The van der Waals surface area contributed by atoms with Crippen LogP contribution in [0.1, 0.15) is 0 Å². The maximum absolute atomic E-state index is 6.86. The van der Waals surface area contributed by atoms with Gasteiger partial charge in [0.15, 0.2) is 5.58 Å². The fraction of sp³-hybridized carbons (Fsp3) is 0. The summed E-state index contributed by atoms with van der Waals surface area (Å²) >= 11 is 0. The van der Waals surface area contributed by atoms with Gasteiger partial charge in [0.1, 0.15) is 16.7 Å². The number of furan rings is 1. The van der Waals surface area contributed by atoms with Crippen molar-refractivity contribution in [1.29, 1.82) is 0 Å². The van der Waals surface area contributed by atoms with Crippen molar-refractivity contribution >= 4 is 97.9 Å². The summed E-state index contributed by atoms with van der Waals surface area (Å²) in [6.45, 7) is 0. The summed E-state index contributed by atoms with van der Waals surface area (Å²) in [4.78, 5) is 5.14. The van der Waals surface area contributed by atoms with Crippen molar-refractivity contribution in [2.75, 3.05) is 0 Å². The fourth-order valence-electron chi connectivity index (χ4n) is 9.45. The molecule has 0 aliphatic carbocycles. The number of rotatable bonds is 3. The molecule has 0 spiro atoms. The molecule has 0 saturated heterocycles. The van der Waals surface area contributed by atoms with Crippen LogP contribution in [0.5, 0.6) is 0 Å². The average molecular weight is 727 g/mol. The number of hydrogen-bond acceptors (Lipinski definition) is 3. The summed E-state index contributed by atoms with van der Waals surface area (Å²) in [6.07, 6.45) is 0. The predicted molar refractivity (Wildman–Crippen MR) is 237 cm³/mol. The molecule has 13 rings (SSSR count). The number of oxazole rings is 1. The van der Waals surface area contributed by atoms with Crippen molar-refractivity contribution in [2.24, 2.45) is 0 Å². The minimum Gasteiger partial charge on any atom is -0.455 e. The number of fused-ring (bicyclic) bond motifs is 13. The highest BCUT2D eigenvalue weighted by Gasteiger charge is 2.22. The van der Waals surface area contributed by atoms with E-state index in [0.717, 1.165) is 66.2 Å². The molecule has 0 N–H and O–H groups in total. The molecule has 0 amide bonds. The Hall–Kier alpha value is -7.69. The van der Waals surface area contributed by atoms with Gasteiger partial charge in [0.2, 0.25) is 5.89 Å². The first-order valence-corrected chi connectivity index (χ1v) is 19.4. The number of nitrogens with zero attached hydrogens (tertiary/aromatic N) is 2. The van der Waals surface area contributed by atoms with E-state index in [1.807, 2.05) is 12.1 Å². The van der Waals surface area contributed by atoms with E-state index in [4.69, 9.17) is 13.8 Å². The number of aromatic nitrogens is 2. The third-order valence-corrected chi connectivity index (χ3v) is 12.0. The van der Waals surface area contributed by atoms with Crippen molar-refractivity contribution in [3.05, 3.63) is 182 Å². The summed E-state index contributed by atoms with van der Waals surface area (Å²) in [7, 11) is 0. The zero-order valence-electron chi connectivity index (χ0n) is 30.5. The van der Waals surface area contributed by atoms with Gasteiger partial charge in [-0.05, 0) is 91.8 Å². The Balaban J connectivity index is 1.01. The van der Waals surface area contributed by atoms with Crippen LogP contribution in [0.25, 0.3) is 126 Å². The summed E-state index contributed by atoms with van der Waals surface area (Å²) in [6, 6.07) is 64.9. The highest BCUT2D eigenvalue weighted by Crippen LogP contribution is 2.44. The maximum Gasteiger partial charge on any atom is 0.227 e. The number of benzene rings is 10. The highest BCUT2D eigenvalue weighted by atomic mass is 16.4. The molecular formula is C53H30N2O2. The topological polar surface area (TPSA) is 44.1 Å². The zero-order chi connectivity index (χ0) is 37.2. The first-order valence-electron chi connectivity index (χ1n) is 19.4. The molecule has 0 saturated carbocycles. The van der Waals surface area contributed by atoms with E-state index in [2.05, 4.69) is 174 Å². The molecule has 3 aromatic heterocycles. The standard InChI is InChI=1S/C53H30N2O2/c1-2-13-32-30-48-44(28-31(32)12-1)39-20-9-10-23-46(39)55(48)47-26-24-41(37-18-7-8-19-38(37)47)53-54-45-25-27-49-50(52(45)57-53)42-22-11-21-40(51(42)56-49)43-29-33-14-3-4-15-34(33)35-16-5-6-17-36(35)43/h1-30H. The summed E-state index contributed by atoms with van der Waals surface area (Å²) < 4.78 is 16.0. The normalized spacial score (nSPS) is 12.2. The SMILES string of the molecule is c1ccc2cc3c(cc2c1)c1ccccc1n3-c1ccc(-c2nc3ccc4oc5c(-c6cc7ccccc7c7ccccc67)cccc5c4c3o2)c2ccccc12. The first kappa shape index (κ1) is 30.6. The van der Waals surface area contributed by atoms with Crippen LogP contribution in [0.2, 0.25) is 0 Å². The Morgan fingerprint density at radius 1 is 0.368 bits per heavy atom. The lowest BCUT2D eigenvalue weighted by atomic mass is 9.92. The van der Waals surface area contributed by atoms with Gasteiger partial charge in [-0.25, -0.2) is 4.98 Å².